The van der Waals surface area contributed by atoms with E-state index < -0.39 is 5.97 Å². The van der Waals surface area contributed by atoms with Crippen molar-refractivity contribution in [2.75, 3.05) is 6.54 Å². The molecule has 1 amide bonds. The zero-order valence-electron chi connectivity index (χ0n) is 10.3. The van der Waals surface area contributed by atoms with Gasteiger partial charge < -0.3 is 10.0 Å². The van der Waals surface area contributed by atoms with Crippen LogP contribution in [0.4, 0.5) is 0 Å². The van der Waals surface area contributed by atoms with Gasteiger partial charge in [0.05, 0.1) is 0 Å². The third-order valence-electron chi connectivity index (χ3n) is 3.16. The molecule has 2 rings (SSSR count). The summed E-state index contributed by atoms with van der Waals surface area (Å²) in [5, 5.41) is 8.66. The third-order valence-corrected chi connectivity index (χ3v) is 3.16. The predicted molar refractivity (Wildman–Crippen MR) is 67.0 cm³/mol. The molecule has 0 spiro atoms. The molecule has 1 aliphatic rings. The Morgan fingerprint density at radius 3 is 2.78 bits per heavy atom. The Bertz CT molecular complexity index is 456. The van der Waals surface area contributed by atoms with Crippen molar-refractivity contribution in [2.24, 2.45) is 0 Å². The van der Waals surface area contributed by atoms with E-state index in [1.165, 1.54) is 0 Å². The number of carboxylic acid groups (broad SMARTS) is 1. The molecule has 4 nitrogen and oxygen atoms in total. The largest absolute Gasteiger partial charge is 0.481 e. The summed E-state index contributed by atoms with van der Waals surface area (Å²) in [5.41, 5.74) is 2.09. The lowest BCUT2D eigenvalue weighted by molar-refractivity contribution is -0.137. The van der Waals surface area contributed by atoms with Gasteiger partial charge in [0.1, 0.15) is 0 Å². The molecule has 1 N–H and O–H groups in total. The fourth-order valence-electron chi connectivity index (χ4n) is 2.23. The highest BCUT2D eigenvalue weighted by Gasteiger charge is 2.19. The molecule has 96 valence electrons. The van der Waals surface area contributed by atoms with E-state index in [1.807, 2.05) is 29.2 Å². The van der Waals surface area contributed by atoms with Crippen molar-refractivity contribution in [2.45, 2.75) is 32.2 Å². The molecule has 0 radical (unpaired) electrons. The number of nitrogens with zero attached hydrogens (tertiary/aromatic N) is 1. The molecule has 4 heteroatoms. The molecule has 0 saturated carbocycles. The van der Waals surface area contributed by atoms with Crippen molar-refractivity contribution in [3.63, 3.8) is 0 Å². The first-order valence-electron chi connectivity index (χ1n) is 6.22. The van der Waals surface area contributed by atoms with E-state index in [9.17, 15) is 9.59 Å². The van der Waals surface area contributed by atoms with Crippen LogP contribution in [0.2, 0.25) is 0 Å². The number of rotatable bonds is 5. The zero-order valence-corrected chi connectivity index (χ0v) is 10.3. The Morgan fingerprint density at radius 2 is 2.11 bits per heavy atom. The Morgan fingerprint density at radius 1 is 1.33 bits per heavy atom. The lowest BCUT2D eigenvalue weighted by Gasteiger charge is -2.15. The fourth-order valence-corrected chi connectivity index (χ4v) is 2.23. The van der Waals surface area contributed by atoms with Crippen LogP contribution in [0.15, 0.2) is 24.3 Å². The van der Waals surface area contributed by atoms with Crippen LogP contribution in [0.3, 0.4) is 0 Å². The first kappa shape index (κ1) is 12.6. The number of benzene rings is 1. The number of hydrogen-bond donors (Lipinski definition) is 1. The molecule has 0 aliphatic carbocycles. The summed E-state index contributed by atoms with van der Waals surface area (Å²) in [6.45, 7) is 1.47. The molecule has 1 aliphatic heterocycles. The van der Waals surface area contributed by atoms with Crippen LogP contribution in [0, 0.1) is 0 Å². The second-order valence-electron chi connectivity index (χ2n) is 4.63. The molecule has 18 heavy (non-hydrogen) atoms. The number of carboxylic acids is 1. The number of carbonyl (C=O) groups excluding carboxylic acids is 1. The molecule has 1 saturated heterocycles. The summed E-state index contributed by atoms with van der Waals surface area (Å²) in [6.07, 6.45) is 2.28. The van der Waals surface area contributed by atoms with E-state index in [0.717, 1.165) is 24.1 Å². The SMILES string of the molecule is O=C(O)CCc1cccc(CN2CCCC2=O)c1. The van der Waals surface area contributed by atoms with Gasteiger partial charge in [0, 0.05) is 25.9 Å². The summed E-state index contributed by atoms with van der Waals surface area (Å²) < 4.78 is 0. The maximum atomic E-state index is 11.5. The van der Waals surface area contributed by atoms with Gasteiger partial charge in [0.2, 0.25) is 5.91 Å². The van der Waals surface area contributed by atoms with Gasteiger partial charge in [0.15, 0.2) is 0 Å². The van der Waals surface area contributed by atoms with E-state index >= 15 is 0 Å². The first-order chi connectivity index (χ1) is 8.65. The highest BCUT2D eigenvalue weighted by molar-refractivity contribution is 5.78. The molecule has 1 aromatic carbocycles. The fraction of sp³-hybridized carbons (Fsp3) is 0.429. The van der Waals surface area contributed by atoms with E-state index in [1.54, 1.807) is 0 Å². The molecular weight excluding hydrogens is 230 g/mol. The Labute approximate surface area is 106 Å². The van der Waals surface area contributed by atoms with Gasteiger partial charge >= 0.3 is 5.97 Å². The highest BCUT2D eigenvalue weighted by atomic mass is 16.4. The molecule has 0 atom stereocenters. The summed E-state index contributed by atoms with van der Waals surface area (Å²) in [7, 11) is 0. The van der Waals surface area contributed by atoms with Crippen LogP contribution in [0.5, 0.6) is 0 Å². The summed E-state index contributed by atoms with van der Waals surface area (Å²) in [4.78, 5) is 23.9. The quantitative estimate of drug-likeness (QED) is 0.863. The zero-order chi connectivity index (χ0) is 13.0. The highest BCUT2D eigenvalue weighted by Crippen LogP contribution is 2.15. The normalized spacial score (nSPS) is 15.1. The maximum Gasteiger partial charge on any atom is 0.303 e. The van der Waals surface area contributed by atoms with Gasteiger partial charge in [-0.1, -0.05) is 24.3 Å². The van der Waals surface area contributed by atoms with Crippen LogP contribution in [0.25, 0.3) is 0 Å². The van der Waals surface area contributed by atoms with Gasteiger partial charge in [-0.15, -0.1) is 0 Å². The van der Waals surface area contributed by atoms with Crippen LogP contribution >= 0.6 is 0 Å². The smallest absolute Gasteiger partial charge is 0.303 e. The summed E-state index contributed by atoms with van der Waals surface area (Å²) >= 11 is 0. The molecule has 1 fully saturated rings. The van der Waals surface area contributed by atoms with Crippen molar-refractivity contribution in [3.05, 3.63) is 35.4 Å². The number of likely N-dealkylation sites (tertiary alicyclic amines) is 1. The molecular formula is C14H17NO3. The molecule has 0 bridgehead atoms. The number of hydrogen-bond acceptors (Lipinski definition) is 2. The van der Waals surface area contributed by atoms with Gasteiger partial charge in [-0.3, -0.25) is 9.59 Å². The van der Waals surface area contributed by atoms with E-state index in [-0.39, 0.29) is 12.3 Å². The monoisotopic (exact) mass is 247 g/mol. The van der Waals surface area contributed by atoms with E-state index in [0.29, 0.717) is 19.4 Å². The van der Waals surface area contributed by atoms with E-state index in [2.05, 4.69) is 0 Å². The lowest BCUT2D eigenvalue weighted by atomic mass is 10.1. The maximum absolute atomic E-state index is 11.5. The second kappa shape index (κ2) is 5.67. The van der Waals surface area contributed by atoms with Gasteiger partial charge in [-0.05, 0) is 24.0 Å². The van der Waals surface area contributed by atoms with Crippen LogP contribution < -0.4 is 0 Å². The number of carbonyl (C=O) groups is 2. The lowest BCUT2D eigenvalue weighted by Crippen LogP contribution is -2.23. The van der Waals surface area contributed by atoms with Crippen molar-refractivity contribution in [1.29, 1.82) is 0 Å². The number of aliphatic carboxylic acids is 1. The van der Waals surface area contributed by atoms with Crippen molar-refractivity contribution < 1.29 is 14.7 Å². The molecule has 1 aromatic rings. The average molecular weight is 247 g/mol. The first-order valence-corrected chi connectivity index (χ1v) is 6.22. The summed E-state index contributed by atoms with van der Waals surface area (Å²) in [5.74, 6) is -0.568. The average Bonchev–Trinajstić information content (AvgIpc) is 2.73. The van der Waals surface area contributed by atoms with Gasteiger partial charge in [-0.2, -0.15) is 0 Å². The van der Waals surface area contributed by atoms with Gasteiger partial charge in [0.25, 0.3) is 0 Å². The molecule has 0 aromatic heterocycles. The van der Waals surface area contributed by atoms with Gasteiger partial charge in [-0.25, -0.2) is 0 Å². The van der Waals surface area contributed by atoms with Crippen molar-refractivity contribution >= 4 is 11.9 Å². The van der Waals surface area contributed by atoms with Crippen molar-refractivity contribution in [1.82, 2.24) is 4.90 Å². The van der Waals surface area contributed by atoms with E-state index in [4.69, 9.17) is 5.11 Å². The topological polar surface area (TPSA) is 57.6 Å². The Kier molecular flexibility index (Phi) is 3.97. The standard InChI is InChI=1S/C14H17NO3/c16-13-5-2-8-15(13)10-12-4-1-3-11(9-12)6-7-14(17)18/h1,3-4,9H,2,5-8,10H2,(H,17,18). The minimum atomic E-state index is -0.782. The Hall–Kier alpha value is -1.84. The predicted octanol–water partition coefficient (Wildman–Crippen LogP) is 1.83. The number of amides is 1. The second-order valence-corrected chi connectivity index (χ2v) is 4.63. The minimum Gasteiger partial charge on any atom is -0.481 e. The number of aryl methyl sites for hydroxylation is 1. The Balaban J connectivity index is 1.98. The minimum absolute atomic E-state index is 0.145. The van der Waals surface area contributed by atoms with Crippen LogP contribution in [-0.4, -0.2) is 28.4 Å². The molecule has 1 heterocycles. The third kappa shape index (κ3) is 3.32. The molecule has 0 unspecified atom stereocenters. The van der Waals surface area contributed by atoms with Crippen LogP contribution in [-0.2, 0) is 22.6 Å². The van der Waals surface area contributed by atoms with Crippen LogP contribution in [0.1, 0.15) is 30.4 Å². The summed E-state index contributed by atoms with van der Waals surface area (Å²) in [6, 6.07) is 7.83. The van der Waals surface area contributed by atoms with Crippen molar-refractivity contribution in [3.8, 4) is 0 Å².